The van der Waals surface area contributed by atoms with E-state index in [-0.39, 0.29) is 6.10 Å². The lowest BCUT2D eigenvalue weighted by molar-refractivity contribution is 0.120. The molecule has 1 unspecified atom stereocenters. The first-order valence-electron chi connectivity index (χ1n) is 6.46. The zero-order valence-electron chi connectivity index (χ0n) is 11.6. The molecular formula is C14H23BrN2O2. The quantitative estimate of drug-likeness (QED) is 0.760. The highest BCUT2D eigenvalue weighted by Crippen LogP contribution is 2.23. The van der Waals surface area contributed by atoms with E-state index in [4.69, 9.17) is 10.5 Å². The summed E-state index contributed by atoms with van der Waals surface area (Å²) < 4.78 is 6.40. The molecule has 0 fully saturated rings. The van der Waals surface area contributed by atoms with Crippen LogP contribution < -0.4 is 10.5 Å². The van der Waals surface area contributed by atoms with Gasteiger partial charge in [-0.15, -0.1) is 0 Å². The van der Waals surface area contributed by atoms with Crippen molar-refractivity contribution in [1.29, 1.82) is 0 Å². The Morgan fingerprint density at radius 3 is 2.84 bits per heavy atom. The van der Waals surface area contributed by atoms with Crippen molar-refractivity contribution in [2.45, 2.75) is 18.9 Å². The highest BCUT2D eigenvalue weighted by atomic mass is 79.9. The molecule has 0 bridgehead atoms. The molecule has 19 heavy (non-hydrogen) atoms. The third-order valence-electron chi connectivity index (χ3n) is 3.03. The van der Waals surface area contributed by atoms with E-state index in [9.17, 15) is 5.11 Å². The smallest absolute Gasteiger partial charge is 0.122 e. The number of nitrogens with two attached hydrogens (primary N) is 1. The molecular weight excluding hydrogens is 308 g/mol. The Morgan fingerprint density at radius 2 is 2.21 bits per heavy atom. The highest BCUT2D eigenvalue weighted by molar-refractivity contribution is 9.10. The van der Waals surface area contributed by atoms with Crippen LogP contribution in [-0.2, 0) is 6.42 Å². The lowest BCUT2D eigenvalue weighted by Gasteiger charge is -2.20. The van der Waals surface area contributed by atoms with Crippen LogP contribution >= 0.6 is 15.9 Å². The zero-order valence-corrected chi connectivity index (χ0v) is 13.2. The van der Waals surface area contributed by atoms with Crippen molar-refractivity contribution in [1.82, 2.24) is 4.90 Å². The van der Waals surface area contributed by atoms with Gasteiger partial charge in [0, 0.05) is 17.6 Å². The molecule has 108 valence electrons. The predicted octanol–water partition coefficient (Wildman–Crippen LogP) is 1.64. The summed E-state index contributed by atoms with van der Waals surface area (Å²) in [6.45, 7) is 2.04. The minimum atomic E-state index is -0.348. The molecule has 0 radical (unpaired) electrons. The molecule has 0 amide bonds. The maximum Gasteiger partial charge on any atom is 0.122 e. The molecule has 0 spiro atoms. The van der Waals surface area contributed by atoms with Crippen molar-refractivity contribution in [3.63, 3.8) is 0 Å². The lowest BCUT2D eigenvalue weighted by atomic mass is 10.1. The second-order valence-electron chi connectivity index (χ2n) is 4.70. The SMILES string of the molecule is COc1ccc(Br)cc1CCN(C)CC(O)CCN. The third kappa shape index (κ3) is 5.91. The van der Waals surface area contributed by atoms with Crippen LogP contribution in [0.2, 0.25) is 0 Å². The van der Waals surface area contributed by atoms with Crippen molar-refractivity contribution in [2.24, 2.45) is 5.73 Å². The van der Waals surface area contributed by atoms with Crippen molar-refractivity contribution in [3.8, 4) is 5.75 Å². The van der Waals surface area contributed by atoms with Gasteiger partial charge in [0.05, 0.1) is 13.2 Å². The summed E-state index contributed by atoms with van der Waals surface area (Å²) in [6, 6.07) is 6.00. The van der Waals surface area contributed by atoms with Crippen LogP contribution in [0.1, 0.15) is 12.0 Å². The Morgan fingerprint density at radius 1 is 1.47 bits per heavy atom. The van der Waals surface area contributed by atoms with E-state index in [1.165, 1.54) is 0 Å². The van der Waals surface area contributed by atoms with Crippen LogP contribution in [0.4, 0.5) is 0 Å². The third-order valence-corrected chi connectivity index (χ3v) is 3.52. The van der Waals surface area contributed by atoms with Crippen LogP contribution in [0.25, 0.3) is 0 Å². The molecule has 0 saturated carbocycles. The van der Waals surface area contributed by atoms with Gasteiger partial charge >= 0.3 is 0 Å². The Bertz CT molecular complexity index is 388. The van der Waals surface area contributed by atoms with Gasteiger partial charge in [0.2, 0.25) is 0 Å². The topological polar surface area (TPSA) is 58.7 Å². The molecule has 4 nitrogen and oxygen atoms in total. The summed E-state index contributed by atoms with van der Waals surface area (Å²) in [6.07, 6.45) is 1.18. The number of methoxy groups -OCH3 is 1. The van der Waals surface area contributed by atoms with Gasteiger partial charge in [-0.3, -0.25) is 0 Å². The summed E-state index contributed by atoms with van der Waals surface area (Å²) in [5.41, 5.74) is 6.59. The number of nitrogens with zero attached hydrogens (tertiary/aromatic N) is 1. The van der Waals surface area contributed by atoms with Gasteiger partial charge in [0.1, 0.15) is 5.75 Å². The largest absolute Gasteiger partial charge is 0.496 e. The van der Waals surface area contributed by atoms with Crippen LogP contribution in [0.15, 0.2) is 22.7 Å². The van der Waals surface area contributed by atoms with Crippen molar-refractivity contribution < 1.29 is 9.84 Å². The van der Waals surface area contributed by atoms with Crippen LogP contribution in [-0.4, -0.2) is 49.9 Å². The first-order chi connectivity index (χ1) is 9.06. The zero-order chi connectivity index (χ0) is 14.3. The van der Waals surface area contributed by atoms with Crippen molar-refractivity contribution in [3.05, 3.63) is 28.2 Å². The number of rotatable bonds is 8. The molecule has 0 heterocycles. The highest BCUT2D eigenvalue weighted by Gasteiger charge is 2.09. The normalized spacial score (nSPS) is 12.7. The average Bonchev–Trinajstić information content (AvgIpc) is 2.36. The first-order valence-corrected chi connectivity index (χ1v) is 7.25. The summed E-state index contributed by atoms with van der Waals surface area (Å²) in [7, 11) is 3.69. The summed E-state index contributed by atoms with van der Waals surface area (Å²) in [4.78, 5) is 2.11. The van der Waals surface area contributed by atoms with Gasteiger partial charge < -0.3 is 20.5 Å². The second-order valence-corrected chi connectivity index (χ2v) is 5.62. The number of benzene rings is 1. The van der Waals surface area contributed by atoms with Gasteiger partial charge in [0.15, 0.2) is 0 Å². The fourth-order valence-corrected chi connectivity index (χ4v) is 2.40. The van der Waals surface area contributed by atoms with Crippen LogP contribution in [0.3, 0.4) is 0 Å². The fraction of sp³-hybridized carbons (Fsp3) is 0.571. The monoisotopic (exact) mass is 330 g/mol. The van der Waals surface area contributed by atoms with Gasteiger partial charge in [-0.25, -0.2) is 0 Å². The molecule has 1 rings (SSSR count). The fourth-order valence-electron chi connectivity index (χ4n) is 1.99. The summed E-state index contributed by atoms with van der Waals surface area (Å²) in [5, 5.41) is 9.71. The number of aliphatic hydroxyl groups excluding tert-OH is 1. The minimum absolute atomic E-state index is 0.348. The summed E-state index contributed by atoms with van der Waals surface area (Å²) >= 11 is 3.47. The number of ether oxygens (including phenoxy) is 1. The molecule has 1 aromatic carbocycles. The van der Waals surface area contributed by atoms with E-state index in [2.05, 4.69) is 26.9 Å². The van der Waals surface area contributed by atoms with Crippen molar-refractivity contribution >= 4 is 15.9 Å². The molecule has 0 aromatic heterocycles. The van der Waals surface area contributed by atoms with Gasteiger partial charge in [-0.1, -0.05) is 15.9 Å². The van der Waals surface area contributed by atoms with E-state index < -0.39 is 0 Å². The van der Waals surface area contributed by atoms with Crippen LogP contribution in [0.5, 0.6) is 5.75 Å². The van der Waals surface area contributed by atoms with E-state index >= 15 is 0 Å². The lowest BCUT2D eigenvalue weighted by Crippen LogP contribution is -2.32. The molecule has 5 heteroatoms. The molecule has 1 atom stereocenters. The molecule has 1 aromatic rings. The number of hydrogen-bond donors (Lipinski definition) is 2. The summed E-state index contributed by atoms with van der Waals surface area (Å²) in [5.74, 6) is 0.902. The molecule has 0 aliphatic carbocycles. The predicted molar refractivity (Wildman–Crippen MR) is 81.6 cm³/mol. The van der Waals surface area contributed by atoms with Crippen LogP contribution in [0, 0.1) is 0 Å². The Hall–Kier alpha value is -0.620. The maximum absolute atomic E-state index is 9.71. The Balaban J connectivity index is 2.49. The molecule has 0 aliphatic rings. The number of aliphatic hydroxyl groups is 1. The molecule has 3 N–H and O–H groups in total. The van der Waals surface area contributed by atoms with Gasteiger partial charge in [0.25, 0.3) is 0 Å². The average molecular weight is 331 g/mol. The minimum Gasteiger partial charge on any atom is -0.496 e. The first kappa shape index (κ1) is 16.4. The van der Waals surface area contributed by atoms with Gasteiger partial charge in [-0.2, -0.15) is 0 Å². The van der Waals surface area contributed by atoms with Gasteiger partial charge in [-0.05, 0) is 50.2 Å². The van der Waals surface area contributed by atoms with E-state index in [0.717, 1.165) is 28.8 Å². The number of halogens is 1. The molecule has 0 aliphatic heterocycles. The van der Waals surface area contributed by atoms with E-state index in [1.54, 1.807) is 7.11 Å². The van der Waals surface area contributed by atoms with E-state index in [0.29, 0.717) is 19.5 Å². The maximum atomic E-state index is 9.71. The Labute approximate surface area is 123 Å². The number of hydrogen-bond acceptors (Lipinski definition) is 4. The van der Waals surface area contributed by atoms with Crippen molar-refractivity contribution in [2.75, 3.05) is 33.8 Å². The second kappa shape index (κ2) is 8.53. The van der Waals surface area contributed by atoms with E-state index in [1.807, 2.05) is 19.2 Å². The Kier molecular flexibility index (Phi) is 7.38. The standard InChI is InChI=1S/C14H23BrN2O2/c1-17(10-13(18)5-7-16)8-6-11-9-12(15)3-4-14(11)19-2/h3-4,9,13,18H,5-8,10,16H2,1-2H3. The molecule has 0 saturated heterocycles. The number of likely N-dealkylation sites (N-methyl/N-ethyl adjacent to an activating group) is 1.